The molecule has 3 unspecified atom stereocenters. The van der Waals surface area contributed by atoms with Crippen molar-refractivity contribution in [3.05, 3.63) is 45.6 Å². The molecule has 1 aliphatic carbocycles. The maximum atomic E-state index is 13.2. The number of thioether (sulfide) groups is 1. The van der Waals surface area contributed by atoms with Gasteiger partial charge in [-0.25, -0.2) is 4.79 Å². The highest BCUT2D eigenvalue weighted by Crippen LogP contribution is 2.51. The first-order chi connectivity index (χ1) is 23.7. The third kappa shape index (κ3) is 8.13. The first-order valence-electron chi connectivity index (χ1n) is 15.4. The van der Waals surface area contributed by atoms with Gasteiger partial charge in [-0.3, -0.25) is 24.0 Å². The van der Waals surface area contributed by atoms with Crippen LogP contribution in [0, 0.1) is 0 Å². The maximum absolute atomic E-state index is 13.2. The number of carbonyl (C=O) groups excluding carboxylic acids is 5. The van der Waals surface area contributed by atoms with E-state index in [1.165, 1.54) is 39.0 Å². The fourth-order valence-electron chi connectivity index (χ4n) is 6.10. The lowest BCUT2D eigenvalue weighted by Crippen LogP contribution is -2.64. The number of benzene rings is 1. The summed E-state index contributed by atoms with van der Waals surface area (Å²) in [4.78, 5) is 75.6. The van der Waals surface area contributed by atoms with Crippen LogP contribution in [0.25, 0.3) is 11.1 Å². The maximum Gasteiger partial charge on any atom is 0.339 e. The van der Waals surface area contributed by atoms with E-state index in [1.54, 1.807) is 24.5 Å². The Morgan fingerprint density at radius 1 is 0.840 bits per heavy atom. The van der Waals surface area contributed by atoms with Crippen molar-refractivity contribution in [3.8, 4) is 28.4 Å². The first kappa shape index (κ1) is 38.0. The predicted molar refractivity (Wildman–Crippen MR) is 176 cm³/mol. The van der Waals surface area contributed by atoms with Crippen molar-refractivity contribution in [1.29, 1.82) is 0 Å². The van der Waals surface area contributed by atoms with E-state index in [-0.39, 0.29) is 28.6 Å². The Bertz CT molecular complexity index is 1730. The number of hydrogen-bond donors (Lipinski definition) is 1. The minimum Gasteiger partial charge on any atom is -0.492 e. The minimum absolute atomic E-state index is 0.00975. The number of hydrogen-bond acceptors (Lipinski definition) is 15. The Morgan fingerprint density at radius 2 is 1.46 bits per heavy atom. The number of nitrogens with one attached hydrogen (secondary N) is 1. The molecule has 0 saturated carbocycles. The lowest BCUT2D eigenvalue weighted by atomic mass is 9.95. The van der Waals surface area contributed by atoms with Crippen LogP contribution in [0.2, 0.25) is 0 Å². The van der Waals surface area contributed by atoms with E-state index in [1.807, 2.05) is 0 Å². The Hall–Kier alpha value is -4.83. The highest BCUT2D eigenvalue weighted by atomic mass is 32.2. The summed E-state index contributed by atoms with van der Waals surface area (Å²) < 4.78 is 45.2. The van der Waals surface area contributed by atoms with Crippen LogP contribution >= 0.6 is 11.8 Å². The van der Waals surface area contributed by atoms with Crippen molar-refractivity contribution in [2.24, 2.45) is 0 Å². The van der Waals surface area contributed by atoms with Gasteiger partial charge in [0.25, 0.3) is 0 Å². The van der Waals surface area contributed by atoms with Crippen molar-refractivity contribution < 1.29 is 61.9 Å². The van der Waals surface area contributed by atoms with E-state index >= 15 is 0 Å². The van der Waals surface area contributed by atoms with E-state index < -0.39 is 60.6 Å². The Balaban J connectivity index is 1.94. The molecule has 4 rings (SSSR count). The van der Waals surface area contributed by atoms with Gasteiger partial charge in [0.1, 0.15) is 0 Å². The molecule has 0 bridgehead atoms. The van der Waals surface area contributed by atoms with Gasteiger partial charge in [0.15, 0.2) is 35.2 Å². The van der Waals surface area contributed by atoms with E-state index in [0.29, 0.717) is 40.0 Å². The molecule has 50 heavy (non-hydrogen) atoms. The van der Waals surface area contributed by atoms with Crippen molar-refractivity contribution in [1.82, 2.24) is 5.32 Å². The highest BCUT2D eigenvalue weighted by Gasteiger charge is 2.56. The summed E-state index contributed by atoms with van der Waals surface area (Å²) in [5.74, 6) is -3.53. The van der Waals surface area contributed by atoms with Gasteiger partial charge in [-0.05, 0) is 54.0 Å². The van der Waals surface area contributed by atoms with Crippen LogP contribution in [0.15, 0.2) is 34.0 Å². The number of carbonyl (C=O) groups is 5. The van der Waals surface area contributed by atoms with Gasteiger partial charge in [-0.1, -0.05) is 6.07 Å². The summed E-state index contributed by atoms with van der Waals surface area (Å²) in [5.41, 5.74) is 2.19. The van der Waals surface area contributed by atoms with Crippen LogP contribution in [-0.4, -0.2) is 88.1 Å². The minimum atomic E-state index is -1.68. The molecule has 1 heterocycles. The number of fused-ring (bicyclic) bond motifs is 3. The molecule has 15 nitrogen and oxygen atoms in total. The van der Waals surface area contributed by atoms with Gasteiger partial charge in [-0.15, -0.1) is 11.8 Å². The summed E-state index contributed by atoms with van der Waals surface area (Å²) in [5, 5.41) is 2.94. The molecule has 1 fully saturated rings. The molecular formula is C34H39NO14S. The molecule has 0 spiro atoms. The van der Waals surface area contributed by atoms with Crippen LogP contribution in [-0.2, 0) is 54.1 Å². The number of methoxy groups -OCH3 is 3. The van der Waals surface area contributed by atoms with Crippen LogP contribution in [0.4, 0.5) is 0 Å². The fraction of sp³-hybridized carbons (Fsp3) is 0.471. The fourth-order valence-corrected chi connectivity index (χ4v) is 6.56. The second kappa shape index (κ2) is 16.3. The molecule has 1 amide bonds. The number of ether oxygens (including phenoxy) is 8. The standard InChI is InChI=1S/C34H39NO14S/c1-15(36)35-22-11-9-19-13-24(27(42-5)28(43-6)26(19)20-10-12-25(50-8)23(40)14-21(20)22)48-34-32(47-18(4)39)30(46-17(3)38)29(45-16(2)37)31(49-34)33(41)44-7/h10,12-14,22,29-32,34H,9,11H2,1-8H3,(H,35,36)/t22-,29-,30?,31?,32?,34+/m1/s1. The zero-order valence-corrected chi connectivity index (χ0v) is 29.6. The number of esters is 4. The van der Waals surface area contributed by atoms with E-state index in [9.17, 15) is 28.8 Å². The first-order valence-corrected chi connectivity index (χ1v) is 16.7. The monoisotopic (exact) mass is 717 g/mol. The highest BCUT2D eigenvalue weighted by molar-refractivity contribution is 7.98. The van der Waals surface area contributed by atoms with Gasteiger partial charge < -0.3 is 43.2 Å². The number of aryl methyl sites for hydroxylation is 1. The van der Waals surface area contributed by atoms with Crippen LogP contribution in [0.5, 0.6) is 17.2 Å². The molecule has 2 aliphatic rings. The summed E-state index contributed by atoms with van der Waals surface area (Å²) in [7, 11) is 3.86. The Labute approximate surface area is 292 Å². The van der Waals surface area contributed by atoms with Gasteiger partial charge >= 0.3 is 23.9 Å². The Morgan fingerprint density at radius 3 is 2.02 bits per heavy atom. The third-order valence-electron chi connectivity index (χ3n) is 7.96. The molecular weight excluding hydrogens is 678 g/mol. The molecule has 270 valence electrons. The normalized spacial score (nSPS) is 22.3. The zero-order chi connectivity index (χ0) is 36.9. The van der Waals surface area contributed by atoms with Crippen molar-refractivity contribution >= 4 is 41.5 Å². The molecule has 2 aromatic rings. The smallest absolute Gasteiger partial charge is 0.339 e. The zero-order valence-electron chi connectivity index (χ0n) is 28.8. The lowest BCUT2D eigenvalue weighted by Gasteiger charge is -2.43. The molecule has 1 aliphatic heterocycles. The van der Waals surface area contributed by atoms with Crippen LogP contribution in [0.1, 0.15) is 51.3 Å². The molecule has 1 N–H and O–H groups in total. The SMILES string of the molecule is COC(=O)C1O[C@H](Oc2cc3c(c(OC)c2OC)-c2ccc(SC)c(=O)cc2[C@H](NC(C)=O)CC3)C(OC(C)=O)C(OC(C)=O)[C@H]1OC(C)=O. The van der Waals surface area contributed by atoms with Gasteiger partial charge in [0.05, 0.1) is 32.3 Å². The van der Waals surface area contributed by atoms with Crippen LogP contribution in [0.3, 0.4) is 0 Å². The lowest BCUT2D eigenvalue weighted by molar-refractivity contribution is -0.282. The summed E-state index contributed by atoms with van der Waals surface area (Å²) in [6.07, 6.45) is -5.55. The predicted octanol–water partition coefficient (Wildman–Crippen LogP) is 2.65. The van der Waals surface area contributed by atoms with Crippen molar-refractivity contribution in [3.63, 3.8) is 0 Å². The van der Waals surface area contributed by atoms with Crippen molar-refractivity contribution in [2.75, 3.05) is 27.6 Å². The van der Waals surface area contributed by atoms with Crippen molar-refractivity contribution in [2.45, 2.75) is 82.2 Å². The summed E-state index contributed by atoms with van der Waals surface area (Å²) in [6.45, 7) is 4.64. The quantitative estimate of drug-likeness (QED) is 0.214. The number of amides is 1. The topological polar surface area (TPSA) is 188 Å². The average molecular weight is 718 g/mol. The summed E-state index contributed by atoms with van der Waals surface area (Å²) >= 11 is 1.29. The Kier molecular flexibility index (Phi) is 12.3. The largest absolute Gasteiger partial charge is 0.492 e. The molecule has 1 saturated heterocycles. The van der Waals surface area contributed by atoms with Gasteiger partial charge in [0.2, 0.25) is 24.1 Å². The second-order valence-electron chi connectivity index (χ2n) is 11.3. The van der Waals surface area contributed by atoms with Gasteiger partial charge in [-0.2, -0.15) is 0 Å². The van der Waals surface area contributed by atoms with E-state index in [2.05, 4.69) is 5.32 Å². The molecule has 0 radical (unpaired) electrons. The van der Waals surface area contributed by atoms with Crippen LogP contribution < -0.4 is 25.0 Å². The van der Waals surface area contributed by atoms with Gasteiger partial charge in [0, 0.05) is 33.3 Å². The third-order valence-corrected chi connectivity index (χ3v) is 8.73. The molecule has 0 aromatic heterocycles. The molecule has 2 aromatic carbocycles. The average Bonchev–Trinajstić information content (AvgIpc) is 3.29. The summed E-state index contributed by atoms with van der Waals surface area (Å²) in [6, 6.07) is 6.09. The second-order valence-corrected chi connectivity index (χ2v) is 12.2. The van der Waals surface area contributed by atoms with E-state index in [0.717, 1.165) is 27.9 Å². The number of rotatable bonds is 10. The molecule has 6 atom stereocenters. The molecule has 16 heteroatoms. The van der Waals surface area contributed by atoms with E-state index in [4.69, 9.17) is 37.9 Å².